The zero-order chi connectivity index (χ0) is 14.0. The largest absolute Gasteiger partial charge is 0.382 e. The van der Waals surface area contributed by atoms with E-state index in [4.69, 9.17) is 5.73 Å². The fourth-order valence-electron chi connectivity index (χ4n) is 1.42. The Morgan fingerprint density at radius 2 is 2.11 bits per heavy atom. The summed E-state index contributed by atoms with van der Waals surface area (Å²) < 4.78 is 0.976. The van der Waals surface area contributed by atoms with Gasteiger partial charge in [0.15, 0.2) is 5.13 Å². The maximum absolute atomic E-state index is 12.2. The van der Waals surface area contributed by atoms with E-state index in [1.54, 1.807) is 0 Å². The quantitative estimate of drug-likeness (QED) is 0.794. The number of carbonyl (C=O) groups excluding carboxylic acids is 1. The summed E-state index contributed by atoms with van der Waals surface area (Å²) in [5.74, 6) is 0.0318. The van der Waals surface area contributed by atoms with Crippen molar-refractivity contribution in [2.45, 2.75) is 0 Å². The van der Waals surface area contributed by atoms with Crippen LogP contribution in [0.4, 0.5) is 16.6 Å². The van der Waals surface area contributed by atoms with E-state index in [1.807, 2.05) is 43.3 Å². The van der Waals surface area contributed by atoms with Crippen molar-refractivity contribution in [3.05, 3.63) is 32.7 Å². The van der Waals surface area contributed by atoms with Crippen LogP contribution in [-0.4, -0.2) is 25.0 Å². The van der Waals surface area contributed by atoms with E-state index in [2.05, 4.69) is 32.9 Å². The molecule has 7 heteroatoms. The third-order valence-electron chi connectivity index (χ3n) is 2.35. The van der Waals surface area contributed by atoms with Crippen molar-refractivity contribution in [2.24, 2.45) is 0 Å². The maximum atomic E-state index is 12.2. The zero-order valence-corrected chi connectivity index (χ0v) is 13.4. The van der Waals surface area contributed by atoms with Crippen molar-refractivity contribution >= 4 is 56.5 Å². The Hall–Kier alpha value is -1.35. The highest BCUT2D eigenvalue weighted by Gasteiger charge is 2.17. The van der Waals surface area contributed by atoms with Crippen LogP contribution in [0.25, 0.3) is 0 Å². The summed E-state index contributed by atoms with van der Waals surface area (Å²) in [4.78, 5) is 18.6. The number of nitrogens with two attached hydrogens (primary N) is 1. The first-order valence-corrected chi connectivity index (χ1v) is 7.38. The number of amides is 1. The first-order chi connectivity index (χ1) is 8.99. The molecular weight excluding hydrogens is 375 g/mol. The minimum atomic E-state index is -0.229. The summed E-state index contributed by atoms with van der Waals surface area (Å²) in [5.41, 5.74) is 6.55. The standard InChI is InChI=1S/C12H13IN4OS/c1-17(2)12-16-10(14)9(19-12)11(18)15-8-6-4-3-5-7(8)13/h3-6H,14H2,1-2H3,(H,15,18). The molecule has 1 aromatic heterocycles. The Morgan fingerprint density at radius 3 is 2.68 bits per heavy atom. The smallest absolute Gasteiger partial charge is 0.269 e. The molecule has 0 aliphatic heterocycles. The molecular formula is C12H13IN4OS. The molecule has 0 saturated heterocycles. The number of hydrogen-bond donors (Lipinski definition) is 2. The van der Waals surface area contributed by atoms with E-state index in [0.29, 0.717) is 10.0 Å². The number of nitrogens with zero attached hydrogens (tertiary/aromatic N) is 2. The fourth-order valence-corrected chi connectivity index (χ4v) is 2.74. The monoisotopic (exact) mass is 388 g/mol. The molecule has 1 aromatic carbocycles. The second kappa shape index (κ2) is 5.74. The van der Waals surface area contributed by atoms with E-state index in [0.717, 1.165) is 9.26 Å². The van der Waals surface area contributed by atoms with Crippen LogP contribution in [0.5, 0.6) is 0 Å². The average molecular weight is 388 g/mol. The predicted octanol–water partition coefficient (Wildman–Crippen LogP) is 2.65. The number of carbonyl (C=O) groups is 1. The molecule has 0 bridgehead atoms. The summed E-state index contributed by atoms with van der Waals surface area (Å²) in [6.07, 6.45) is 0. The van der Waals surface area contributed by atoms with Crippen molar-refractivity contribution in [1.82, 2.24) is 4.98 Å². The van der Waals surface area contributed by atoms with Gasteiger partial charge >= 0.3 is 0 Å². The highest BCUT2D eigenvalue weighted by Crippen LogP contribution is 2.28. The number of thiazole rings is 1. The van der Waals surface area contributed by atoms with Gasteiger partial charge in [0.2, 0.25) is 0 Å². The normalized spacial score (nSPS) is 10.3. The van der Waals surface area contributed by atoms with Crippen molar-refractivity contribution in [3.63, 3.8) is 0 Å². The van der Waals surface area contributed by atoms with Gasteiger partial charge in [0.05, 0.1) is 5.69 Å². The van der Waals surface area contributed by atoms with Gasteiger partial charge in [-0.05, 0) is 34.7 Å². The summed E-state index contributed by atoms with van der Waals surface area (Å²) in [5, 5.41) is 3.56. The molecule has 2 aromatic rings. The Balaban J connectivity index is 2.23. The number of nitrogens with one attached hydrogen (secondary N) is 1. The molecule has 0 atom stereocenters. The SMILES string of the molecule is CN(C)c1nc(N)c(C(=O)Nc2ccccc2I)s1. The molecule has 2 rings (SSSR count). The third-order valence-corrected chi connectivity index (χ3v) is 4.53. The van der Waals surface area contributed by atoms with Gasteiger partial charge in [-0.1, -0.05) is 23.5 Å². The molecule has 1 amide bonds. The number of para-hydroxylation sites is 1. The number of halogens is 1. The summed E-state index contributed by atoms with van der Waals surface area (Å²) >= 11 is 3.45. The molecule has 100 valence electrons. The molecule has 0 radical (unpaired) electrons. The molecule has 3 N–H and O–H groups in total. The van der Waals surface area contributed by atoms with Gasteiger partial charge in [-0.2, -0.15) is 0 Å². The van der Waals surface area contributed by atoms with Crippen LogP contribution >= 0.6 is 33.9 Å². The van der Waals surface area contributed by atoms with Crippen molar-refractivity contribution in [2.75, 3.05) is 30.0 Å². The Morgan fingerprint density at radius 1 is 1.42 bits per heavy atom. The van der Waals surface area contributed by atoms with E-state index < -0.39 is 0 Å². The first-order valence-electron chi connectivity index (χ1n) is 5.48. The van der Waals surface area contributed by atoms with Gasteiger partial charge in [0.25, 0.3) is 5.91 Å². The topological polar surface area (TPSA) is 71.2 Å². The van der Waals surface area contributed by atoms with Crippen molar-refractivity contribution in [1.29, 1.82) is 0 Å². The van der Waals surface area contributed by atoms with Gasteiger partial charge in [-0.15, -0.1) is 0 Å². The Labute approximate surface area is 129 Å². The molecule has 0 fully saturated rings. The van der Waals surface area contributed by atoms with Gasteiger partial charge in [-0.25, -0.2) is 4.98 Å². The van der Waals surface area contributed by atoms with Crippen molar-refractivity contribution < 1.29 is 4.79 Å². The van der Waals surface area contributed by atoms with Gasteiger partial charge in [-0.3, -0.25) is 4.79 Å². The van der Waals surface area contributed by atoms with Crippen LogP contribution in [0, 0.1) is 3.57 Å². The summed E-state index contributed by atoms with van der Waals surface area (Å²) in [7, 11) is 3.72. The minimum Gasteiger partial charge on any atom is -0.382 e. The van der Waals surface area contributed by atoms with Crippen LogP contribution in [0.15, 0.2) is 24.3 Å². The molecule has 19 heavy (non-hydrogen) atoms. The lowest BCUT2D eigenvalue weighted by Crippen LogP contribution is -2.12. The van der Waals surface area contributed by atoms with Crippen LogP contribution in [0.2, 0.25) is 0 Å². The summed E-state index contributed by atoms with van der Waals surface area (Å²) in [6.45, 7) is 0. The number of rotatable bonds is 3. The lowest BCUT2D eigenvalue weighted by molar-refractivity contribution is 0.103. The molecule has 5 nitrogen and oxygen atoms in total. The second-order valence-corrected chi connectivity index (χ2v) is 6.18. The fraction of sp³-hybridized carbons (Fsp3) is 0.167. The van der Waals surface area contributed by atoms with Crippen LogP contribution in [0.1, 0.15) is 9.67 Å². The van der Waals surface area contributed by atoms with Crippen molar-refractivity contribution in [3.8, 4) is 0 Å². The number of hydrogen-bond acceptors (Lipinski definition) is 5. The van der Waals surface area contributed by atoms with E-state index in [-0.39, 0.29) is 11.7 Å². The molecule has 0 aliphatic carbocycles. The lowest BCUT2D eigenvalue weighted by Gasteiger charge is -2.06. The molecule has 0 spiro atoms. The minimum absolute atomic E-state index is 0.229. The van der Waals surface area contributed by atoms with Crippen LogP contribution in [-0.2, 0) is 0 Å². The predicted molar refractivity (Wildman–Crippen MR) is 88.0 cm³/mol. The molecule has 0 unspecified atom stereocenters. The van der Waals surface area contributed by atoms with Gasteiger partial charge in [0.1, 0.15) is 10.7 Å². The van der Waals surface area contributed by atoms with Gasteiger partial charge < -0.3 is 16.0 Å². The van der Waals surface area contributed by atoms with E-state index in [9.17, 15) is 4.79 Å². The summed E-state index contributed by atoms with van der Waals surface area (Å²) in [6, 6.07) is 7.57. The number of anilines is 3. The lowest BCUT2D eigenvalue weighted by atomic mass is 10.3. The van der Waals surface area contributed by atoms with Crippen LogP contribution in [0.3, 0.4) is 0 Å². The second-order valence-electron chi connectivity index (χ2n) is 4.04. The highest BCUT2D eigenvalue weighted by atomic mass is 127. The molecule has 0 aliphatic rings. The van der Waals surface area contributed by atoms with E-state index in [1.165, 1.54) is 11.3 Å². The third kappa shape index (κ3) is 3.16. The number of aromatic nitrogens is 1. The number of benzene rings is 1. The molecule has 0 saturated carbocycles. The zero-order valence-electron chi connectivity index (χ0n) is 10.5. The average Bonchev–Trinajstić information content (AvgIpc) is 2.74. The Bertz CT molecular complexity index is 612. The highest BCUT2D eigenvalue weighted by molar-refractivity contribution is 14.1. The first kappa shape index (κ1) is 14.1. The van der Waals surface area contributed by atoms with Crippen LogP contribution < -0.4 is 16.0 Å². The Kier molecular flexibility index (Phi) is 4.25. The van der Waals surface area contributed by atoms with Gasteiger partial charge in [0, 0.05) is 17.7 Å². The number of nitrogen functional groups attached to an aromatic ring is 1. The maximum Gasteiger partial charge on any atom is 0.269 e. The molecule has 1 heterocycles. The van der Waals surface area contributed by atoms with E-state index >= 15 is 0 Å².